The van der Waals surface area contributed by atoms with E-state index in [1.807, 2.05) is 35.0 Å². The molecular formula is C24H24BrN9O2. The van der Waals surface area contributed by atoms with Crippen LogP contribution in [0.3, 0.4) is 0 Å². The lowest BCUT2D eigenvalue weighted by Gasteiger charge is -2.09. The van der Waals surface area contributed by atoms with Gasteiger partial charge in [0.2, 0.25) is 17.5 Å². The van der Waals surface area contributed by atoms with Crippen LogP contribution in [0.1, 0.15) is 44.3 Å². The number of unbranched alkanes of at least 4 members (excludes halogenated alkanes) is 2. The number of fused-ring (bicyclic) bond motifs is 3. The van der Waals surface area contributed by atoms with Crippen molar-refractivity contribution in [2.24, 2.45) is 0 Å². The van der Waals surface area contributed by atoms with Crippen LogP contribution in [-0.4, -0.2) is 44.3 Å². The number of nitrogens with one attached hydrogen (secondary N) is 2. The van der Waals surface area contributed by atoms with E-state index in [2.05, 4.69) is 58.1 Å². The average Bonchev–Trinajstić information content (AvgIpc) is 3.67. The first-order chi connectivity index (χ1) is 17.6. The van der Waals surface area contributed by atoms with Crippen LogP contribution in [0, 0.1) is 0 Å². The molecule has 12 heteroatoms. The summed E-state index contributed by atoms with van der Waals surface area (Å²) < 4.78 is 9.56. The molecule has 0 spiro atoms. The number of aryl methyl sites for hydroxylation is 3. The Hall–Kier alpha value is -3.80. The molecule has 11 nitrogen and oxygen atoms in total. The maximum Gasteiger partial charge on any atom is 0.286 e. The van der Waals surface area contributed by atoms with Crippen molar-refractivity contribution >= 4 is 43.8 Å². The highest BCUT2D eigenvalue weighted by Crippen LogP contribution is 2.22. The van der Waals surface area contributed by atoms with Gasteiger partial charge in [-0.15, -0.1) is 10.2 Å². The molecule has 0 aliphatic rings. The summed E-state index contributed by atoms with van der Waals surface area (Å²) in [5.74, 6) is 2.22. The van der Waals surface area contributed by atoms with Gasteiger partial charge < -0.3 is 14.5 Å². The summed E-state index contributed by atoms with van der Waals surface area (Å²) in [5.41, 5.74) is 2.79. The normalized spacial score (nSPS) is 11.9. The Morgan fingerprint density at radius 3 is 2.89 bits per heavy atom. The third kappa shape index (κ3) is 4.00. The molecular weight excluding hydrogens is 526 g/mol. The second-order valence-electron chi connectivity index (χ2n) is 8.79. The number of rotatable bonds is 9. The van der Waals surface area contributed by atoms with Crippen LogP contribution in [0.25, 0.3) is 39.2 Å². The second-order valence-corrected chi connectivity index (χ2v) is 9.54. The summed E-state index contributed by atoms with van der Waals surface area (Å²) in [6, 6.07) is 8.01. The van der Waals surface area contributed by atoms with E-state index in [1.54, 1.807) is 4.40 Å². The van der Waals surface area contributed by atoms with E-state index in [9.17, 15) is 4.79 Å². The molecule has 0 amide bonds. The van der Waals surface area contributed by atoms with Crippen molar-refractivity contribution in [3.8, 4) is 11.4 Å². The molecule has 5 heterocycles. The fourth-order valence-electron chi connectivity index (χ4n) is 4.53. The smallest absolute Gasteiger partial charge is 0.286 e. The first-order valence-electron chi connectivity index (χ1n) is 12.0. The fourth-order valence-corrected chi connectivity index (χ4v) is 4.89. The van der Waals surface area contributed by atoms with Gasteiger partial charge in [0, 0.05) is 42.0 Å². The number of halogens is 1. The van der Waals surface area contributed by atoms with Crippen LogP contribution in [0.4, 0.5) is 0 Å². The van der Waals surface area contributed by atoms with Gasteiger partial charge in [-0.25, -0.2) is 9.38 Å². The summed E-state index contributed by atoms with van der Waals surface area (Å²) in [7, 11) is 0. The van der Waals surface area contributed by atoms with E-state index in [0.717, 1.165) is 35.7 Å². The summed E-state index contributed by atoms with van der Waals surface area (Å²) in [6.07, 6.45) is 6.83. The Balaban J connectivity index is 1.23. The van der Waals surface area contributed by atoms with Crippen LogP contribution in [0.15, 0.2) is 44.5 Å². The number of imidazole rings is 1. The van der Waals surface area contributed by atoms with Crippen LogP contribution < -0.4 is 5.56 Å². The molecule has 0 bridgehead atoms. The predicted octanol–water partition coefficient (Wildman–Crippen LogP) is 4.43. The van der Waals surface area contributed by atoms with Gasteiger partial charge >= 0.3 is 0 Å². The van der Waals surface area contributed by atoms with Gasteiger partial charge in [-0.3, -0.25) is 9.36 Å². The molecule has 1 aromatic carbocycles. The van der Waals surface area contributed by atoms with Crippen LogP contribution in [0.5, 0.6) is 0 Å². The molecule has 0 aliphatic heterocycles. The lowest BCUT2D eigenvalue weighted by Crippen LogP contribution is -2.21. The first kappa shape index (κ1) is 22.7. The maximum atomic E-state index is 13.3. The standard InChI is InChI=1S/C24H24BrN9O2/c1-2-3-4-12-33-21-19(28-23(25)29-21)22(35)34-17(30-31-24(33)34)6-5-7-18-27-20(32-36-18)15-8-9-16-14(13-15)10-11-26-16/h8-11,13,26H,2-7,12H2,1H3,(H,28,29). The van der Waals surface area contributed by atoms with Gasteiger partial charge in [0.15, 0.2) is 15.9 Å². The van der Waals surface area contributed by atoms with Crippen molar-refractivity contribution in [2.75, 3.05) is 0 Å². The molecule has 6 aromatic rings. The van der Waals surface area contributed by atoms with E-state index < -0.39 is 0 Å². The monoisotopic (exact) mass is 549 g/mol. The molecule has 0 fully saturated rings. The van der Waals surface area contributed by atoms with Crippen molar-refractivity contribution in [2.45, 2.75) is 52.0 Å². The quantitative estimate of drug-likeness (QED) is 0.201. The van der Waals surface area contributed by atoms with Crippen molar-refractivity contribution < 1.29 is 4.52 Å². The van der Waals surface area contributed by atoms with Gasteiger partial charge in [-0.1, -0.05) is 24.9 Å². The molecule has 184 valence electrons. The number of nitrogens with zero attached hydrogens (tertiary/aromatic N) is 7. The number of aromatic nitrogens is 9. The van der Waals surface area contributed by atoms with Crippen molar-refractivity contribution in [1.82, 2.24) is 44.3 Å². The topological polar surface area (TPSA) is 136 Å². The Morgan fingerprint density at radius 2 is 2.00 bits per heavy atom. The Morgan fingerprint density at radius 1 is 1.08 bits per heavy atom. The molecule has 0 aliphatic carbocycles. The number of benzene rings is 1. The Kier molecular flexibility index (Phi) is 5.88. The van der Waals surface area contributed by atoms with Crippen molar-refractivity contribution in [1.29, 1.82) is 0 Å². The molecule has 0 unspecified atom stereocenters. The van der Waals surface area contributed by atoms with Gasteiger partial charge in [-0.2, -0.15) is 4.98 Å². The largest absolute Gasteiger partial charge is 0.361 e. The molecule has 0 atom stereocenters. The first-order valence-corrected chi connectivity index (χ1v) is 12.8. The minimum absolute atomic E-state index is 0.204. The Labute approximate surface area is 213 Å². The highest BCUT2D eigenvalue weighted by atomic mass is 79.9. The molecule has 6 rings (SSSR count). The third-order valence-electron chi connectivity index (χ3n) is 6.34. The lowest BCUT2D eigenvalue weighted by molar-refractivity contribution is 0.375. The summed E-state index contributed by atoms with van der Waals surface area (Å²) in [4.78, 5) is 28.5. The zero-order valence-corrected chi connectivity index (χ0v) is 21.2. The van der Waals surface area contributed by atoms with Gasteiger partial charge in [-0.05, 0) is 53.0 Å². The number of hydrogen-bond donors (Lipinski definition) is 2. The van der Waals surface area contributed by atoms with Crippen molar-refractivity contribution in [3.05, 3.63) is 57.3 Å². The SMILES string of the molecule is CCCCCn1c2nc(Br)[nH]c2c(=O)n2c(CCCc3nc(-c4ccc5[nH]ccc5c4)no3)nnc12. The van der Waals surface area contributed by atoms with Crippen LogP contribution in [0.2, 0.25) is 0 Å². The highest BCUT2D eigenvalue weighted by molar-refractivity contribution is 9.10. The minimum Gasteiger partial charge on any atom is -0.361 e. The van der Waals surface area contributed by atoms with Crippen LogP contribution in [-0.2, 0) is 19.4 Å². The van der Waals surface area contributed by atoms with Gasteiger partial charge in [0.05, 0.1) is 0 Å². The third-order valence-corrected chi connectivity index (χ3v) is 6.71. The summed E-state index contributed by atoms with van der Waals surface area (Å²) in [6.45, 7) is 2.87. The second kappa shape index (κ2) is 9.34. The Bertz CT molecular complexity index is 1740. The molecule has 0 saturated carbocycles. The van der Waals surface area contributed by atoms with E-state index in [-0.39, 0.29) is 5.56 Å². The summed E-state index contributed by atoms with van der Waals surface area (Å²) in [5, 5.41) is 13.9. The van der Waals surface area contributed by atoms with E-state index >= 15 is 0 Å². The van der Waals surface area contributed by atoms with E-state index in [4.69, 9.17) is 4.52 Å². The summed E-state index contributed by atoms with van der Waals surface area (Å²) >= 11 is 3.36. The average molecular weight is 550 g/mol. The van der Waals surface area contributed by atoms with Gasteiger partial charge in [0.1, 0.15) is 5.82 Å². The fraction of sp³-hybridized carbons (Fsp3) is 0.333. The van der Waals surface area contributed by atoms with Gasteiger partial charge in [0.25, 0.3) is 5.56 Å². The van der Waals surface area contributed by atoms with Crippen molar-refractivity contribution in [3.63, 3.8) is 0 Å². The lowest BCUT2D eigenvalue weighted by atomic mass is 10.1. The zero-order valence-electron chi connectivity index (χ0n) is 19.7. The molecule has 0 radical (unpaired) electrons. The number of hydrogen-bond acceptors (Lipinski definition) is 7. The van der Waals surface area contributed by atoms with Crippen LogP contribution >= 0.6 is 15.9 Å². The number of H-pyrrole nitrogens is 2. The van der Waals surface area contributed by atoms with E-state index in [1.165, 1.54) is 0 Å². The number of aromatic amines is 2. The van der Waals surface area contributed by atoms with E-state index in [0.29, 0.717) is 65.0 Å². The predicted molar refractivity (Wildman–Crippen MR) is 138 cm³/mol. The molecule has 2 N–H and O–H groups in total. The highest BCUT2D eigenvalue weighted by Gasteiger charge is 2.19. The zero-order chi connectivity index (χ0) is 24.6. The molecule has 36 heavy (non-hydrogen) atoms. The molecule has 5 aromatic heterocycles. The maximum absolute atomic E-state index is 13.3. The minimum atomic E-state index is -0.204. The molecule has 0 saturated heterocycles.